The van der Waals surface area contributed by atoms with E-state index in [1.807, 2.05) is 0 Å². The van der Waals surface area contributed by atoms with Gasteiger partial charge >= 0.3 is 0 Å². The number of alkyl halides is 1. The number of rotatable bonds is 1. The maximum Gasteiger partial charge on any atom is 0.0959 e. The van der Waals surface area contributed by atoms with Gasteiger partial charge < -0.3 is 10.4 Å². The number of hydrogen-bond donors (Lipinski definition) is 2. The van der Waals surface area contributed by atoms with Crippen molar-refractivity contribution in [2.75, 3.05) is 19.8 Å². The van der Waals surface area contributed by atoms with Crippen molar-refractivity contribution in [3.8, 4) is 0 Å². The summed E-state index contributed by atoms with van der Waals surface area (Å²) < 4.78 is 11.7. The van der Waals surface area contributed by atoms with E-state index in [2.05, 4.69) is 5.32 Å². The van der Waals surface area contributed by atoms with E-state index in [1.165, 1.54) is 0 Å². The van der Waals surface area contributed by atoms with Crippen LogP contribution in [-0.4, -0.2) is 31.0 Å². The minimum atomic E-state index is -0.458. The van der Waals surface area contributed by atoms with Crippen LogP contribution in [0.25, 0.3) is 0 Å². The summed E-state index contributed by atoms with van der Waals surface area (Å²) in [6.45, 7) is 0.764. The Bertz CT molecular complexity index is 83.4. The molecule has 0 radical (unpaired) electrons. The standard InChI is InChI=1S/C5H10FNO.ClH/c6-1-4-2-7-3-5(4)8;/h4-5,7-8H,1-3H2;1H/t4-,5-;/m0./s1. The smallest absolute Gasteiger partial charge is 0.0959 e. The number of hydrogen-bond acceptors (Lipinski definition) is 2. The van der Waals surface area contributed by atoms with Crippen molar-refractivity contribution in [1.82, 2.24) is 5.32 Å². The Balaban J connectivity index is 0.000000640. The van der Waals surface area contributed by atoms with Crippen LogP contribution in [0.15, 0.2) is 0 Å². The van der Waals surface area contributed by atoms with Gasteiger partial charge in [0.2, 0.25) is 0 Å². The number of β-amino-alcohol motifs (C(OH)–C–C–N with tert-alkyl or cyclic N) is 1. The molecule has 1 aliphatic rings. The normalized spacial score (nSPS) is 34.0. The van der Waals surface area contributed by atoms with Crippen LogP contribution in [0, 0.1) is 5.92 Å². The molecule has 2 nitrogen and oxygen atoms in total. The molecule has 0 spiro atoms. The zero-order valence-corrected chi connectivity index (χ0v) is 5.83. The van der Waals surface area contributed by atoms with Gasteiger partial charge in [-0.2, -0.15) is 0 Å². The molecule has 0 bridgehead atoms. The molecule has 0 unspecified atom stereocenters. The largest absolute Gasteiger partial charge is 0.391 e. The average molecular weight is 156 g/mol. The molecule has 1 fully saturated rings. The number of nitrogens with one attached hydrogen (secondary N) is 1. The van der Waals surface area contributed by atoms with E-state index in [4.69, 9.17) is 5.11 Å². The second kappa shape index (κ2) is 4.04. The molecule has 1 saturated heterocycles. The third kappa shape index (κ3) is 2.08. The highest BCUT2D eigenvalue weighted by atomic mass is 35.5. The Morgan fingerprint density at radius 2 is 2.22 bits per heavy atom. The summed E-state index contributed by atoms with van der Waals surface area (Å²) in [7, 11) is 0. The lowest BCUT2D eigenvalue weighted by Crippen LogP contribution is -2.19. The summed E-state index contributed by atoms with van der Waals surface area (Å²) in [6.07, 6.45) is -0.458. The first-order chi connectivity index (χ1) is 3.84. The third-order valence-corrected chi connectivity index (χ3v) is 1.50. The van der Waals surface area contributed by atoms with E-state index in [-0.39, 0.29) is 18.3 Å². The fourth-order valence-corrected chi connectivity index (χ4v) is 0.877. The first-order valence-corrected chi connectivity index (χ1v) is 2.79. The van der Waals surface area contributed by atoms with Gasteiger partial charge in [-0.3, -0.25) is 4.39 Å². The predicted molar refractivity (Wildman–Crippen MR) is 35.6 cm³/mol. The lowest BCUT2D eigenvalue weighted by atomic mass is 10.1. The highest BCUT2D eigenvalue weighted by Crippen LogP contribution is 2.07. The summed E-state index contributed by atoms with van der Waals surface area (Å²) in [5.41, 5.74) is 0. The second-order valence-corrected chi connectivity index (χ2v) is 2.14. The van der Waals surface area contributed by atoms with Crippen LogP contribution in [0.4, 0.5) is 4.39 Å². The van der Waals surface area contributed by atoms with E-state index in [0.29, 0.717) is 13.1 Å². The molecule has 2 N–H and O–H groups in total. The van der Waals surface area contributed by atoms with Crippen LogP contribution in [0.3, 0.4) is 0 Å². The van der Waals surface area contributed by atoms with E-state index >= 15 is 0 Å². The Labute approximate surface area is 59.9 Å². The monoisotopic (exact) mass is 155 g/mol. The molecule has 0 aromatic carbocycles. The highest BCUT2D eigenvalue weighted by molar-refractivity contribution is 5.85. The van der Waals surface area contributed by atoms with Gasteiger partial charge in [0.05, 0.1) is 12.8 Å². The minimum absolute atomic E-state index is 0. The Kier molecular flexibility index (Phi) is 4.10. The van der Waals surface area contributed by atoms with Gasteiger partial charge in [0, 0.05) is 19.0 Å². The van der Waals surface area contributed by atoms with Gasteiger partial charge in [0.25, 0.3) is 0 Å². The van der Waals surface area contributed by atoms with Crippen molar-refractivity contribution in [2.24, 2.45) is 5.92 Å². The van der Waals surface area contributed by atoms with E-state index in [9.17, 15) is 4.39 Å². The van der Waals surface area contributed by atoms with E-state index in [0.717, 1.165) is 0 Å². The first-order valence-electron chi connectivity index (χ1n) is 2.79. The summed E-state index contributed by atoms with van der Waals surface area (Å²) in [5, 5.41) is 11.8. The zero-order valence-electron chi connectivity index (χ0n) is 5.01. The van der Waals surface area contributed by atoms with Gasteiger partial charge in [-0.05, 0) is 0 Å². The van der Waals surface area contributed by atoms with Crippen molar-refractivity contribution in [2.45, 2.75) is 6.10 Å². The number of aliphatic hydroxyl groups excluding tert-OH is 1. The predicted octanol–water partition coefficient (Wildman–Crippen LogP) is -0.0420. The quantitative estimate of drug-likeness (QED) is 0.557. The molecule has 0 saturated carbocycles. The molecule has 1 rings (SSSR count). The Morgan fingerprint density at radius 1 is 1.56 bits per heavy atom. The lowest BCUT2D eigenvalue weighted by Gasteiger charge is -2.05. The first kappa shape index (κ1) is 9.14. The second-order valence-electron chi connectivity index (χ2n) is 2.14. The maximum atomic E-state index is 11.7. The number of halogens is 2. The molecule has 1 heterocycles. The molecule has 4 heteroatoms. The van der Waals surface area contributed by atoms with Crippen molar-refractivity contribution >= 4 is 12.4 Å². The fourth-order valence-electron chi connectivity index (χ4n) is 0.877. The average Bonchev–Trinajstić information content (AvgIpc) is 2.14. The molecule has 2 atom stereocenters. The van der Waals surface area contributed by atoms with Gasteiger partial charge in [0.1, 0.15) is 0 Å². The molecule has 0 aromatic heterocycles. The molecule has 0 aromatic rings. The van der Waals surface area contributed by atoms with Crippen LogP contribution in [0.1, 0.15) is 0 Å². The van der Waals surface area contributed by atoms with Crippen LogP contribution >= 0.6 is 12.4 Å². The lowest BCUT2D eigenvalue weighted by molar-refractivity contribution is 0.131. The molecular formula is C5H11ClFNO. The maximum absolute atomic E-state index is 11.7. The topological polar surface area (TPSA) is 32.3 Å². The number of aliphatic hydroxyl groups is 1. The molecule has 56 valence electrons. The summed E-state index contributed by atoms with van der Waals surface area (Å²) in [4.78, 5) is 0. The van der Waals surface area contributed by atoms with Crippen LogP contribution in [0.2, 0.25) is 0 Å². The van der Waals surface area contributed by atoms with Crippen LogP contribution < -0.4 is 5.32 Å². The molecule has 0 aliphatic carbocycles. The summed E-state index contributed by atoms with van der Waals surface area (Å²) >= 11 is 0. The van der Waals surface area contributed by atoms with Gasteiger partial charge in [0.15, 0.2) is 0 Å². The summed E-state index contributed by atoms with van der Waals surface area (Å²) in [5.74, 6) is -0.157. The van der Waals surface area contributed by atoms with Crippen molar-refractivity contribution in [3.05, 3.63) is 0 Å². The van der Waals surface area contributed by atoms with Crippen molar-refractivity contribution in [1.29, 1.82) is 0 Å². The molecule has 9 heavy (non-hydrogen) atoms. The van der Waals surface area contributed by atoms with Crippen LogP contribution in [-0.2, 0) is 0 Å². The SMILES string of the molecule is Cl.O[C@H]1CNC[C@@H]1CF. The van der Waals surface area contributed by atoms with Gasteiger partial charge in [-0.1, -0.05) is 0 Å². The zero-order chi connectivity index (χ0) is 5.98. The van der Waals surface area contributed by atoms with Gasteiger partial charge in [-0.25, -0.2) is 0 Å². The Morgan fingerprint density at radius 3 is 2.44 bits per heavy atom. The summed E-state index contributed by atoms with van der Waals surface area (Å²) in [6, 6.07) is 0. The van der Waals surface area contributed by atoms with Crippen molar-refractivity contribution in [3.63, 3.8) is 0 Å². The fraction of sp³-hybridized carbons (Fsp3) is 1.00. The minimum Gasteiger partial charge on any atom is -0.391 e. The molecule has 1 aliphatic heterocycles. The molecular weight excluding hydrogens is 145 g/mol. The van der Waals surface area contributed by atoms with E-state index < -0.39 is 12.8 Å². The Hall–Kier alpha value is 0.140. The third-order valence-electron chi connectivity index (χ3n) is 1.50. The van der Waals surface area contributed by atoms with Crippen LogP contribution in [0.5, 0.6) is 0 Å². The van der Waals surface area contributed by atoms with Gasteiger partial charge in [-0.15, -0.1) is 12.4 Å². The van der Waals surface area contributed by atoms with E-state index in [1.54, 1.807) is 0 Å². The van der Waals surface area contributed by atoms with Crippen molar-refractivity contribution < 1.29 is 9.50 Å². The molecule has 0 amide bonds. The highest BCUT2D eigenvalue weighted by Gasteiger charge is 2.23.